The molecule has 12 nitrogen and oxygen atoms in total. The van der Waals surface area contributed by atoms with E-state index in [1.807, 2.05) is 30.3 Å². The summed E-state index contributed by atoms with van der Waals surface area (Å²) < 4.78 is 18.8. The molecular weight excluding hydrogens is 681 g/mol. The van der Waals surface area contributed by atoms with Gasteiger partial charge in [-0.15, -0.1) is 0 Å². The minimum absolute atomic E-state index is 0.00324. The molecule has 4 aromatic rings. The zero-order chi connectivity index (χ0) is 37.7. The summed E-state index contributed by atoms with van der Waals surface area (Å²) in [6.45, 7) is 5.36. The molecule has 6 N–H and O–H groups in total. The number of rotatable bonds is 11. The lowest BCUT2D eigenvalue weighted by Gasteiger charge is -2.46. The van der Waals surface area contributed by atoms with Crippen molar-refractivity contribution >= 4 is 37.0 Å². The number of nitrogens with zero attached hydrogens (tertiary/aromatic N) is 2. The molecular formula is C39H44N5O7P. The molecule has 0 saturated carbocycles. The van der Waals surface area contributed by atoms with Crippen LogP contribution in [0.4, 0.5) is 10.5 Å². The van der Waals surface area contributed by atoms with Gasteiger partial charge < -0.3 is 30.5 Å². The number of nitrogens with two attached hydrogens (primary N) is 1. The maximum Gasteiger partial charge on any atom is 0.416 e. The van der Waals surface area contributed by atoms with E-state index in [1.54, 1.807) is 81.4 Å². The molecule has 0 radical (unpaired) electrons. The van der Waals surface area contributed by atoms with Gasteiger partial charge in [-0.3, -0.25) is 24.5 Å². The van der Waals surface area contributed by atoms with E-state index < -0.39 is 48.5 Å². The first-order chi connectivity index (χ1) is 24.6. The molecule has 1 unspecified atom stereocenters. The zero-order valence-electron chi connectivity index (χ0n) is 29.3. The molecule has 52 heavy (non-hydrogen) atoms. The molecule has 4 aromatic carbocycles. The molecule has 1 fully saturated rings. The van der Waals surface area contributed by atoms with Gasteiger partial charge in [0, 0.05) is 24.2 Å². The summed E-state index contributed by atoms with van der Waals surface area (Å²) in [7, 11) is -4.98. The van der Waals surface area contributed by atoms with Crippen LogP contribution in [0.3, 0.4) is 0 Å². The molecule has 0 spiro atoms. The van der Waals surface area contributed by atoms with Crippen molar-refractivity contribution < 1.29 is 33.5 Å². The average molecular weight is 726 g/mol. The Labute approximate surface area is 303 Å². The molecule has 272 valence electrons. The Balaban J connectivity index is 1.65. The first-order valence-corrected chi connectivity index (χ1v) is 18.6. The number of likely N-dealkylation sites (tertiary alicyclic amines) is 1. The Kier molecular flexibility index (Phi) is 11.3. The highest BCUT2D eigenvalue weighted by Gasteiger charge is 2.54. The molecule has 0 aromatic heterocycles. The number of para-hydroxylation sites is 1. The van der Waals surface area contributed by atoms with Crippen LogP contribution in [0, 0.1) is 5.41 Å². The van der Waals surface area contributed by atoms with Gasteiger partial charge in [-0.05, 0) is 62.4 Å². The van der Waals surface area contributed by atoms with Crippen molar-refractivity contribution in [2.24, 2.45) is 5.73 Å². The second-order valence-corrected chi connectivity index (χ2v) is 15.4. The third-order valence-corrected chi connectivity index (χ3v) is 9.95. The van der Waals surface area contributed by atoms with E-state index in [0.717, 1.165) is 5.56 Å². The number of ether oxygens (including phenoxy) is 1. The molecule has 1 heterocycles. The van der Waals surface area contributed by atoms with Gasteiger partial charge in [0.25, 0.3) is 5.91 Å². The van der Waals surface area contributed by atoms with Crippen LogP contribution >= 0.6 is 7.60 Å². The number of benzene rings is 4. The number of hydrogen-bond acceptors (Lipinski definition) is 6. The van der Waals surface area contributed by atoms with Gasteiger partial charge in [-0.2, -0.15) is 0 Å². The van der Waals surface area contributed by atoms with Crippen LogP contribution in [-0.2, 0) is 30.9 Å². The summed E-state index contributed by atoms with van der Waals surface area (Å²) in [5.41, 5.74) is 4.88. The maximum absolute atomic E-state index is 15.6. The highest BCUT2D eigenvalue weighted by molar-refractivity contribution is 7.52. The van der Waals surface area contributed by atoms with Crippen molar-refractivity contribution in [1.29, 1.82) is 5.41 Å². The predicted octanol–water partition coefficient (Wildman–Crippen LogP) is 5.83. The largest absolute Gasteiger partial charge is 0.443 e. The maximum atomic E-state index is 15.6. The average Bonchev–Trinajstić information content (AvgIpc) is 3.60. The number of amidine groups is 1. The molecule has 1 saturated heterocycles. The molecule has 13 heteroatoms. The number of carbonyl (C=O) groups is 3. The SMILES string of the molecule is CC(C)(C)OC(=O)N(c1ccccc1)[C@](Cc1ccccc1)(C(=O)N1CCC[C@H]1C(=O)NC(c1ccc(C(=N)N)cc1)P(=O)(O)O)c1ccccc1. The third-order valence-electron chi connectivity index (χ3n) is 8.85. The van der Waals surface area contributed by atoms with E-state index in [9.17, 15) is 23.9 Å². The minimum atomic E-state index is -4.98. The van der Waals surface area contributed by atoms with Gasteiger partial charge in [0.15, 0.2) is 11.3 Å². The Hall–Kier alpha value is -5.29. The fraction of sp³-hybridized carbons (Fsp3) is 0.282. The smallest absolute Gasteiger partial charge is 0.416 e. The Morgan fingerprint density at radius 2 is 1.48 bits per heavy atom. The van der Waals surface area contributed by atoms with Crippen molar-refractivity contribution in [1.82, 2.24) is 10.2 Å². The van der Waals surface area contributed by atoms with Crippen LogP contribution in [-0.4, -0.2) is 56.6 Å². The van der Waals surface area contributed by atoms with E-state index in [2.05, 4.69) is 5.32 Å². The van der Waals surface area contributed by atoms with E-state index in [-0.39, 0.29) is 30.8 Å². The lowest BCUT2D eigenvalue weighted by molar-refractivity contribution is -0.143. The Morgan fingerprint density at radius 1 is 0.923 bits per heavy atom. The summed E-state index contributed by atoms with van der Waals surface area (Å²) >= 11 is 0. The van der Waals surface area contributed by atoms with E-state index >= 15 is 4.79 Å². The number of anilines is 1. The van der Waals surface area contributed by atoms with Crippen LogP contribution in [0.5, 0.6) is 0 Å². The summed E-state index contributed by atoms with van der Waals surface area (Å²) in [6, 6.07) is 31.4. The van der Waals surface area contributed by atoms with Crippen LogP contribution < -0.4 is 16.0 Å². The number of amides is 3. The highest BCUT2D eigenvalue weighted by Crippen LogP contribution is 2.50. The molecule has 1 aliphatic heterocycles. The quantitative estimate of drug-likeness (QED) is 0.0726. The highest BCUT2D eigenvalue weighted by atomic mass is 31.2. The molecule has 3 amide bonds. The summed E-state index contributed by atoms with van der Waals surface area (Å²) in [5, 5.41) is 10.2. The van der Waals surface area contributed by atoms with Crippen molar-refractivity contribution in [3.63, 3.8) is 0 Å². The summed E-state index contributed by atoms with van der Waals surface area (Å²) in [6.07, 6.45) is -0.139. The standard InChI is InChI=1S/C39H44N5O7P/c1-38(2,3)51-37(47)44(31-18-11-6-12-19-31)39(30-16-9-5-10-17-30,26-27-14-7-4-8-15-27)36(46)43-25-13-20-32(43)34(45)42-35(52(48,49)50)29-23-21-28(22-24-29)33(40)41/h4-12,14-19,21-24,32,35H,13,20,25-26H2,1-3H3,(H3,40,41)(H,42,45)(H2,48,49,50)/t32-,35?,39-/m0/s1. The van der Waals surface area contributed by atoms with E-state index in [4.69, 9.17) is 15.9 Å². The van der Waals surface area contributed by atoms with E-state index in [1.165, 1.54) is 34.1 Å². The normalized spacial score (nSPS) is 16.3. The van der Waals surface area contributed by atoms with Crippen molar-refractivity contribution in [3.05, 3.63) is 138 Å². The fourth-order valence-corrected chi connectivity index (χ4v) is 7.39. The lowest BCUT2D eigenvalue weighted by atomic mass is 9.80. The summed E-state index contributed by atoms with van der Waals surface area (Å²) in [4.78, 5) is 67.8. The number of carbonyl (C=O) groups excluding carboxylic acids is 3. The van der Waals surface area contributed by atoms with Gasteiger partial charge in [-0.25, -0.2) is 4.79 Å². The molecule has 3 atom stereocenters. The van der Waals surface area contributed by atoms with Crippen molar-refractivity contribution in [2.75, 3.05) is 11.4 Å². The summed E-state index contributed by atoms with van der Waals surface area (Å²) in [5.74, 6) is -3.28. The Bertz CT molecular complexity index is 1930. The fourth-order valence-electron chi connectivity index (χ4n) is 6.53. The van der Waals surface area contributed by atoms with Crippen molar-refractivity contribution in [3.8, 4) is 0 Å². The minimum Gasteiger partial charge on any atom is -0.443 e. The molecule has 0 bridgehead atoms. The van der Waals surface area contributed by atoms with Crippen molar-refractivity contribution in [2.45, 2.75) is 63.0 Å². The topological polar surface area (TPSA) is 186 Å². The van der Waals surface area contributed by atoms with Crippen LogP contribution in [0.2, 0.25) is 0 Å². The van der Waals surface area contributed by atoms with Gasteiger partial charge >= 0.3 is 13.7 Å². The zero-order valence-corrected chi connectivity index (χ0v) is 30.2. The van der Waals surface area contributed by atoms with Gasteiger partial charge in [-0.1, -0.05) is 103 Å². The second-order valence-electron chi connectivity index (χ2n) is 13.7. The van der Waals surface area contributed by atoms with Crippen LogP contribution in [0.15, 0.2) is 115 Å². The molecule has 0 aliphatic carbocycles. The number of nitrogens with one attached hydrogen (secondary N) is 2. The number of hydrogen-bond donors (Lipinski definition) is 5. The van der Waals surface area contributed by atoms with E-state index in [0.29, 0.717) is 23.2 Å². The molecule has 1 aliphatic rings. The molecule has 5 rings (SSSR count). The van der Waals surface area contributed by atoms with Gasteiger partial charge in [0.05, 0.1) is 0 Å². The van der Waals surface area contributed by atoms with Gasteiger partial charge in [0.2, 0.25) is 5.91 Å². The first-order valence-electron chi connectivity index (χ1n) is 16.9. The lowest BCUT2D eigenvalue weighted by Crippen LogP contribution is -2.63. The van der Waals surface area contributed by atoms with Gasteiger partial charge in [0.1, 0.15) is 17.5 Å². The monoisotopic (exact) mass is 725 g/mol. The number of nitrogen functional groups attached to an aromatic ring is 1. The third kappa shape index (κ3) is 8.42. The first kappa shape index (κ1) is 38.0. The van der Waals surface area contributed by atoms with Crippen LogP contribution in [0.1, 0.15) is 61.6 Å². The second kappa shape index (κ2) is 15.5. The van der Waals surface area contributed by atoms with Crippen LogP contribution in [0.25, 0.3) is 0 Å². The predicted molar refractivity (Wildman–Crippen MR) is 199 cm³/mol. The Morgan fingerprint density at radius 3 is 2.02 bits per heavy atom.